The van der Waals surface area contributed by atoms with Crippen molar-refractivity contribution in [2.45, 2.75) is 24.2 Å². The van der Waals surface area contributed by atoms with Crippen LogP contribution >= 0.6 is 47.0 Å². The molecule has 1 aromatic carbocycles. The van der Waals surface area contributed by atoms with E-state index >= 15 is 0 Å². The van der Waals surface area contributed by atoms with E-state index in [2.05, 4.69) is 10.6 Å². The maximum Gasteiger partial charge on any atom is 0.235 e. The Balaban J connectivity index is 1.85. The number of nitrogens with one attached hydrogen (secondary N) is 2. The molecule has 1 unspecified atom stereocenters. The molecule has 1 fully saturated rings. The number of hydrogen-bond donors (Lipinski definition) is 2. The standard InChI is InChI=1S/C13H13Cl3N2OS/c1-12(7-13(12,15)16)10(19)18-11(20)17-6-8-4-2-3-5-9(8)14/h2-5H,6-7H2,1H3,(H2,17,18,19,20). The fourth-order valence-corrected chi connectivity index (χ4v) is 2.82. The lowest BCUT2D eigenvalue weighted by atomic mass is 10.1. The summed E-state index contributed by atoms with van der Waals surface area (Å²) in [4.78, 5) is 12.0. The molecule has 20 heavy (non-hydrogen) atoms. The van der Waals surface area contributed by atoms with E-state index in [0.717, 1.165) is 5.56 Å². The first-order chi connectivity index (χ1) is 9.26. The molecule has 1 saturated carbocycles. The predicted octanol–water partition coefficient (Wildman–Crippen LogP) is 3.41. The lowest BCUT2D eigenvalue weighted by molar-refractivity contribution is -0.124. The van der Waals surface area contributed by atoms with Gasteiger partial charge in [0.05, 0.1) is 5.41 Å². The molecule has 0 aromatic heterocycles. The number of alkyl halides is 2. The van der Waals surface area contributed by atoms with Crippen LogP contribution in [0.4, 0.5) is 0 Å². The number of benzene rings is 1. The van der Waals surface area contributed by atoms with Crippen molar-refractivity contribution in [3.8, 4) is 0 Å². The van der Waals surface area contributed by atoms with Crippen LogP contribution in [0.25, 0.3) is 0 Å². The molecule has 0 aliphatic heterocycles. The zero-order valence-corrected chi connectivity index (χ0v) is 13.8. The molecule has 1 aliphatic rings. The second kappa shape index (κ2) is 5.68. The van der Waals surface area contributed by atoms with Gasteiger partial charge in [-0.25, -0.2) is 0 Å². The minimum Gasteiger partial charge on any atom is -0.358 e. The van der Waals surface area contributed by atoms with Gasteiger partial charge in [0, 0.05) is 11.6 Å². The molecule has 3 nitrogen and oxygen atoms in total. The summed E-state index contributed by atoms with van der Waals surface area (Å²) in [5.41, 5.74) is 0.110. The first kappa shape index (κ1) is 15.8. The van der Waals surface area contributed by atoms with Gasteiger partial charge in [-0.3, -0.25) is 4.79 Å². The van der Waals surface area contributed by atoms with Gasteiger partial charge in [0.25, 0.3) is 0 Å². The van der Waals surface area contributed by atoms with Crippen LogP contribution in [0.3, 0.4) is 0 Å². The molecule has 1 aliphatic carbocycles. The van der Waals surface area contributed by atoms with Crippen molar-refractivity contribution in [2.75, 3.05) is 0 Å². The molecule has 2 rings (SSSR count). The zero-order valence-electron chi connectivity index (χ0n) is 10.7. The van der Waals surface area contributed by atoms with Crippen LogP contribution in [-0.4, -0.2) is 15.4 Å². The first-order valence-electron chi connectivity index (χ1n) is 5.97. The van der Waals surface area contributed by atoms with Crippen molar-refractivity contribution in [3.05, 3.63) is 34.9 Å². The topological polar surface area (TPSA) is 41.1 Å². The Morgan fingerprint density at radius 1 is 1.40 bits per heavy atom. The van der Waals surface area contributed by atoms with Crippen LogP contribution in [0.2, 0.25) is 5.02 Å². The van der Waals surface area contributed by atoms with Gasteiger partial charge in [-0.15, -0.1) is 23.2 Å². The van der Waals surface area contributed by atoms with E-state index < -0.39 is 9.75 Å². The summed E-state index contributed by atoms with van der Waals surface area (Å²) in [6.07, 6.45) is 0.419. The summed E-state index contributed by atoms with van der Waals surface area (Å²) in [6.45, 7) is 2.14. The summed E-state index contributed by atoms with van der Waals surface area (Å²) in [6, 6.07) is 7.40. The third-order valence-electron chi connectivity index (χ3n) is 3.38. The number of halogens is 3. The van der Waals surface area contributed by atoms with E-state index in [4.69, 9.17) is 47.0 Å². The highest BCUT2D eigenvalue weighted by Gasteiger charge is 2.68. The van der Waals surface area contributed by atoms with Gasteiger partial charge >= 0.3 is 0 Å². The van der Waals surface area contributed by atoms with Gasteiger partial charge in [-0.05, 0) is 37.2 Å². The second-order valence-corrected chi connectivity index (χ2v) is 7.24. The highest BCUT2D eigenvalue weighted by Crippen LogP contribution is 2.63. The minimum absolute atomic E-state index is 0.229. The number of carbonyl (C=O) groups is 1. The Hall–Kier alpha value is -0.550. The Bertz CT molecular complexity index is 564. The third kappa shape index (κ3) is 3.19. The third-order valence-corrected chi connectivity index (χ3v) is 5.10. The van der Waals surface area contributed by atoms with E-state index in [1.165, 1.54) is 0 Å². The highest BCUT2D eigenvalue weighted by atomic mass is 35.5. The molecule has 0 radical (unpaired) electrons. The summed E-state index contributed by atoms with van der Waals surface area (Å²) >= 11 is 23.0. The van der Waals surface area contributed by atoms with Crippen LogP contribution in [0.1, 0.15) is 18.9 Å². The van der Waals surface area contributed by atoms with Crippen molar-refractivity contribution in [1.29, 1.82) is 0 Å². The average Bonchev–Trinajstić information content (AvgIpc) is 2.89. The van der Waals surface area contributed by atoms with Crippen LogP contribution in [0.15, 0.2) is 24.3 Å². The molecule has 1 atom stereocenters. The largest absolute Gasteiger partial charge is 0.358 e. The number of amides is 1. The Kier molecular flexibility index (Phi) is 4.50. The summed E-state index contributed by atoms with van der Waals surface area (Å²) in [5, 5.41) is 6.40. The Morgan fingerprint density at radius 3 is 2.55 bits per heavy atom. The number of carbonyl (C=O) groups excluding carboxylic acids is 1. The van der Waals surface area contributed by atoms with Gasteiger partial charge in [-0.1, -0.05) is 29.8 Å². The predicted molar refractivity (Wildman–Crippen MR) is 86.2 cm³/mol. The molecule has 1 aromatic rings. The quantitative estimate of drug-likeness (QED) is 0.647. The van der Waals surface area contributed by atoms with E-state index in [-0.39, 0.29) is 11.0 Å². The van der Waals surface area contributed by atoms with Crippen LogP contribution in [0.5, 0.6) is 0 Å². The van der Waals surface area contributed by atoms with E-state index in [9.17, 15) is 4.79 Å². The van der Waals surface area contributed by atoms with Crippen molar-refractivity contribution < 1.29 is 4.79 Å². The number of hydrogen-bond acceptors (Lipinski definition) is 2. The van der Waals surface area contributed by atoms with Gasteiger partial charge in [0.1, 0.15) is 4.33 Å². The normalized spacial score (nSPS) is 23.0. The van der Waals surface area contributed by atoms with Crippen molar-refractivity contribution in [3.63, 3.8) is 0 Å². The van der Waals surface area contributed by atoms with Gasteiger partial charge in [0.2, 0.25) is 5.91 Å². The molecule has 0 bridgehead atoms. The lowest BCUT2D eigenvalue weighted by Gasteiger charge is -2.14. The van der Waals surface area contributed by atoms with Crippen LogP contribution < -0.4 is 10.6 Å². The molecule has 108 valence electrons. The first-order valence-corrected chi connectivity index (χ1v) is 7.51. The Morgan fingerprint density at radius 2 is 2.00 bits per heavy atom. The smallest absolute Gasteiger partial charge is 0.235 e. The second-order valence-electron chi connectivity index (χ2n) is 4.94. The zero-order chi connectivity index (χ0) is 15.0. The summed E-state index contributed by atoms with van der Waals surface area (Å²) < 4.78 is -1.00. The van der Waals surface area contributed by atoms with E-state index in [1.807, 2.05) is 18.2 Å². The molecule has 2 N–H and O–H groups in total. The SMILES string of the molecule is CC1(C(=O)NC(=S)NCc2ccccc2Cl)CC1(Cl)Cl. The maximum atomic E-state index is 12.0. The van der Waals surface area contributed by atoms with Gasteiger partial charge in [-0.2, -0.15) is 0 Å². The maximum absolute atomic E-state index is 12.0. The van der Waals surface area contributed by atoms with Gasteiger partial charge in [0.15, 0.2) is 5.11 Å². The highest BCUT2D eigenvalue weighted by molar-refractivity contribution is 7.80. The fourth-order valence-electron chi connectivity index (χ4n) is 1.75. The summed E-state index contributed by atoms with van der Waals surface area (Å²) in [5.74, 6) is -0.279. The molecular formula is C13H13Cl3N2OS. The minimum atomic E-state index is -1.00. The summed E-state index contributed by atoms with van der Waals surface area (Å²) in [7, 11) is 0. The number of rotatable bonds is 3. The van der Waals surface area contributed by atoms with Crippen LogP contribution in [0, 0.1) is 5.41 Å². The molecule has 0 spiro atoms. The molecule has 1 amide bonds. The monoisotopic (exact) mass is 350 g/mol. The van der Waals surface area contributed by atoms with Gasteiger partial charge < -0.3 is 10.6 Å². The average molecular weight is 352 g/mol. The van der Waals surface area contributed by atoms with Crippen LogP contribution in [-0.2, 0) is 11.3 Å². The molecule has 7 heteroatoms. The van der Waals surface area contributed by atoms with Crippen molar-refractivity contribution >= 4 is 58.0 Å². The van der Waals surface area contributed by atoms with E-state index in [0.29, 0.717) is 18.0 Å². The van der Waals surface area contributed by atoms with Crippen molar-refractivity contribution in [2.24, 2.45) is 5.41 Å². The molecule has 0 saturated heterocycles. The van der Waals surface area contributed by atoms with E-state index in [1.54, 1.807) is 13.0 Å². The van der Waals surface area contributed by atoms with Crippen molar-refractivity contribution in [1.82, 2.24) is 10.6 Å². The Labute approximate surface area is 138 Å². The number of thiocarbonyl (C=S) groups is 1. The lowest BCUT2D eigenvalue weighted by Crippen LogP contribution is -2.43. The molecular weight excluding hydrogens is 339 g/mol. The molecule has 0 heterocycles. The fraction of sp³-hybridized carbons (Fsp3) is 0.385.